The van der Waals surface area contributed by atoms with Gasteiger partial charge in [-0.15, -0.1) is 6.42 Å². The zero-order valence-electron chi connectivity index (χ0n) is 14.1. The Labute approximate surface area is 150 Å². The molecule has 2 N–H and O–H groups in total. The van der Waals surface area contributed by atoms with Gasteiger partial charge in [-0.05, 0) is 48.2 Å². The second-order valence-corrected chi connectivity index (χ2v) is 6.71. The topological polar surface area (TPSA) is 83.8 Å². The number of terminal acetylenes is 1. The Bertz CT molecular complexity index is 1030. The number of hydrogen-bond acceptors (Lipinski definition) is 5. The monoisotopic (exact) mass is 348 g/mol. The number of carbonyl (C=O) groups is 2. The van der Waals surface area contributed by atoms with E-state index >= 15 is 0 Å². The number of phenols is 1. The van der Waals surface area contributed by atoms with Crippen LogP contribution >= 0.6 is 0 Å². The third-order valence-electron chi connectivity index (χ3n) is 5.23. The predicted molar refractivity (Wildman–Crippen MR) is 93.8 cm³/mol. The van der Waals surface area contributed by atoms with Crippen LogP contribution in [0.5, 0.6) is 11.5 Å². The molecule has 130 valence electrons. The van der Waals surface area contributed by atoms with Crippen LogP contribution in [0, 0.1) is 12.3 Å². The second kappa shape index (κ2) is 5.45. The maximum Gasteiger partial charge on any atom is 0.198 e. The standard InChI is InChI=1S/C21H16O5/c1-3-21(25)7-6-13-11(10-21)8-16-17(19(13)23)20(24)15-9-12(26-2)4-5-14(15)18(16)22/h1,4-5,8-9,23,25H,6-7,10H2,2H3. The molecule has 0 saturated carbocycles. The van der Waals surface area contributed by atoms with Gasteiger partial charge in [-0.1, -0.05) is 5.92 Å². The molecule has 26 heavy (non-hydrogen) atoms. The number of aromatic hydroxyl groups is 1. The number of phenolic OH excluding ortho intramolecular Hbond substituents is 1. The quantitative estimate of drug-likeness (QED) is 0.658. The van der Waals surface area contributed by atoms with Gasteiger partial charge in [-0.3, -0.25) is 9.59 Å². The highest BCUT2D eigenvalue weighted by Gasteiger charge is 2.38. The summed E-state index contributed by atoms with van der Waals surface area (Å²) in [5.41, 5.74) is 0.507. The van der Waals surface area contributed by atoms with E-state index in [1.54, 1.807) is 18.2 Å². The lowest BCUT2D eigenvalue weighted by Crippen LogP contribution is -2.35. The van der Waals surface area contributed by atoms with Crippen molar-refractivity contribution in [3.8, 4) is 23.8 Å². The molecule has 4 rings (SSSR count). The van der Waals surface area contributed by atoms with Crippen LogP contribution in [-0.2, 0) is 12.8 Å². The molecule has 0 fully saturated rings. The average Bonchev–Trinajstić information content (AvgIpc) is 2.65. The first-order valence-corrected chi connectivity index (χ1v) is 8.24. The van der Waals surface area contributed by atoms with Gasteiger partial charge < -0.3 is 14.9 Å². The molecule has 2 aliphatic rings. The van der Waals surface area contributed by atoms with Crippen LogP contribution in [0.25, 0.3) is 0 Å². The third-order valence-corrected chi connectivity index (χ3v) is 5.23. The average molecular weight is 348 g/mol. The number of carbonyl (C=O) groups excluding carboxylic acids is 2. The van der Waals surface area contributed by atoms with Crippen molar-refractivity contribution >= 4 is 11.6 Å². The van der Waals surface area contributed by atoms with Crippen LogP contribution in [0.3, 0.4) is 0 Å². The number of methoxy groups -OCH3 is 1. The van der Waals surface area contributed by atoms with Gasteiger partial charge in [0.2, 0.25) is 0 Å². The highest BCUT2D eigenvalue weighted by atomic mass is 16.5. The summed E-state index contributed by atoms with van der Waals surface area (Å²) in [7, 11) is 1.48. The molecule has 0 heterocycles. The lowest BCUT2D eigenvalue weighted by Gasteiger charge is -2.31. The molecule has 5 nitrogen and oxygen atoms in total. The van der Waals surface area contributed by atoms with Crippen LogP contribution < -0.4 is 4.74 Å². The molecule has 2 aliphatic carbocycles. The third kappa shape index (κ3) is 2.16. The van der Waals surface area contributed by atoms with Gasteiger partial charge in [0.05, 0.1) is 12.7 Å². The van der Waals surface area contributed by atoms with Crippen molar-refractivity contribution in [1.82, 2.24) is 0 Å². The van der Waals surface area contributed by atoms with E-state index in [1.807, 2.05) is 0 Å². The Morgan fingerprint density at radius 2 is 1.92 bits per heavy atom. The maximum absolute atomic E-state index is 13.0. The van der Waals surface area contributed by atoms with Crippen molar-refractivity contribution in [2.24, 2.45) is 0 Å². The van der Waals surface area contributed by atoms with E-state index in [1.165, 1.54) is 13.2 Å². The molecule has 0 spiro atoms. The van der Waals surface area contributed by atoms with E-state index in [2.05, 4.69) is 5.92 Å². The van der Waals surface area contributed by atoms with Crippen molar-refractivity contribution in [2.45, 2.75) is 24.9 Å². The Hall–Kier alpha value is -3.10. The summed E-state index contributed by atoms with van der Waals surface area (Å²) in [6.45, 7) is 0. The molecule has 0 aromatic heterocycles. The molecule has 0 saturated heterocycles. The van der Waals surface area contributed by atoms with Crippen LogP contribution in [0.4, 0.5) is 0 Å². The molecule has 1 unspecified atom stereocenters. The lowest BCUT2D eigenvalue weighted by atomic mass is 9.75. The highest BCUT2D eigenvalue weighted by molar-refractivity contribution is 6.29. The Morgan fingerprint density at radius 3 is 2.62 bits per heavy atom. The van der Waals surface area contributed by atoms with Crippen LogP contribution in [0.15, 0.2) is 24.3 Å². The second-order valence-electron chi connectivity index (χ2n) is 6.71. The fourth-order valence-corrected chi connectivity index (χ4v) is 3.78. The van der Waals surface area contributed by atoms with E-state index < -0.39 is 11.4 Å². The Balaban J connectivity index is 1.93. The van der Waals surface area contributed by atoms with Crippen LogP contribution in [0.2, 0.25) is 0 Å². The summed E-state index contributed by atoms with van der Waals surface area (Å²) in [5, 5.41) is 21.1. The molecule has 5 heteroatoms. The molecule has 1 atom stereocenters. The molecule has 0 amide bonds. The zero-order chi connectivity index (χ0) is 18.6. The number of fused-ring (bicyclic) bond motifs is 3. The Kier molecular flexibility index (Phi) is 3.43. The van der Waals surface area contributed by atoms with Gasteiger partial charge in [0.15, 0.2) is 11.6 Å². The first kappa shape index (κ1) is 16.4. The summed E-state index contributed by atoms with van der Waals surface area (Å²) in [6, 6.07) is 6.25. The molecule has 2 aromatic rings. The first-order chi connectivity index (χ1) is 12.4. The summed E-state index contributed by atoms with van der Waals surface area (Å²) in [6.07, 6.45) is 6.17. The SMILES string of the molecule is C#CC1(O)CCc2c(cc3c(c2O)C(=O)c2cc(OC)ccc2C3=O)C1. The van der Waals surface area contributed by atoms with Gasteiger partial charge in [0.25, 0.3) is 0 Å². The van der Waals surface area contributed by atoms with Crippen molar-refractivity contribution in [3.05, 3.63) is 57.6 Å². The molecule has 2 aromatic carbocycles. The first-order valence-electron chi connectivity index (χ1n) is 8.24. The van der Waals surface area contributed by atoms with Gasteiger partial charge in [-0.25, -0.2) is 0 Å². The summed E-state index contributed by atoms with van der Waals surface area (Å²) in [4.78, 5) is 25.9. The van der Waals surface area contributed by atoms with E-state index in [9.17, 15) is 19.8 Å². The smallest absolute Gasteiger partial charge is 0.198 e. The summed E-state index contributed by atoms with van der Waals surface area (Å²) < 4.78 is 5.14. The van der Waals surface area contributed by atoms with Crippen LogP contribution in [0.1, 0.15) is 49.4 Å². The van der Waals surface area contributed by atoms with Crippen molar-refractivity contribution < 1.29 is 24.5 Å². The van der Waals surface area contributed by atoms with Crippen molar-refractivity contribution in [3.63, 3.8) is 0 Å². The predicted octanol–water partition coefficient (Wildman–Crippen LogP) is 2.03. The van der Waals surface area contributed by atoms with Crippen molar-refractivity contribution in [1.29, 1.82) is 0 Å². The van der Waals surface area contributed by atoms with Gasteiger partial charge in [0.1, 0.15) is 17.1 Å². The zero-order valence-corrected chi connectivity index (χ0v) is 14.1. The molecule has 0 radical (unpaired) electrons. The number of rotatable bonds is 1. The summed E-state index contributed by atoms with van der Waals surface area (Å²) >= 11 is 0. The summed E-state index contributed by atoms with van der Waals surface area (Å²) in [5.74, 6) is 1.90. The maximum atomic E-state index is 13.0. The molecule has 0 aliphatic heterocycles. The van der Waals surface area contributed by atoms with Crippen molar-refractivity contribution in [2.75, 3.05) is 7.11 Å². The number of hydrogen-bond donors (Lipinski definition) is 2. The van der Waals surface area contributed by atoms with Gasteiger partial charge in [0, 0.05) is 23.1 Å². The number of aliphatic hydroxyl groups is 1. The van der Waals surface area contributed by atoms with Gasteiger partial charge >= 0.3 is 0 Å². The molecule has 0 bridgehead atoms. The Morgan fingerprint density at radius 1 is 1.15 bits per heavy atom. The minimum Gasteiger partial charge on any atom is -0.507 e. The van der Waals surface area contributed by atoms with E-state index in [0.29, 0.717) is 23.3 Å². The molecular formula is C21H16O5. The highest BCUT2D eigenvalue weighted by Crippen LogP contribution is 2.41. The number of ketones is 2. The minimum absolute atomic E-state index is 0.0145. The number of benzene rings is 2. The van der Waals surface area contributed by atoms with E-state index in [-0.39, 0.29) is 46.6 Å². The largest absolute Gasteiger partial charge is 0.507 e. The van der Waals surface area contributed by atoms with E-state index in [0.717, 1.165) is 0 Å². The van der Waals surface area contributed by atoms with Crippen LogP contribution in [-0.4, -0.2) is 34.5 Å². The normalized spacial score (nSPS) is 20.7. The fourth-order valence-electron chi connectivity index (χ4n) is 3.78. The fraction of sp³-hybridized carbons (Fsp3) is 0.238. The molecular weight excluding hydrogens is 332 g/mol. The van der Waals surface area contributed by atoms with E-state index in [4.69, 9.17) is 11.2 Å². The van der Waals surface area contributed by atoms with Gasteiger partial charge in [-0.2, -0.15) is 0 Å². The lowest BCUT2D eigenvalue weighted by molar-refractivity contribution is 0.0857. The number of ether oxygens (including phenoxy) is 1. The minimum atomic E-state index is -1.30.